The lowest BCUT2D eigenvalue weighted by Gasteiger charge is -2.18. The third-order valence-electron chi connectivity index (χ3n) is 3.17. The van der Waals surface area contributed by atoms with Gasteiger partial charge in [0.05, 0.1) is 6.61 Å². The summed E-state index contributed by atoms with van der Waals surface area (Å²) in [7, 11) is 0. The van der Waals surface area contributed by atoms with Crippen molar-refractivity contribution in [1.29, 1.82) is 0 Å². The van der Waals surface area contributed by atoms with Crippen molar-refractivity contribution in [1.82, 2.24) is 0 Å². The summed E-state index contributed by atoms with van der Waals surface area (Å²) in [6.07, 6.45) is 6.57. The lowest BCUT2D eigenvalue weighted by molar-refractivity contribution is -0.151. The second-order valence-electron chi connectivity index (χ2n) is 4.72. The van der Waals surface area contributed by atoms with Crippen molar-refractivity contribution in [3.8, 4) is 0 Å². The molecule has 0 saturated heterocycles. The second kappa shape index (κ2) is 10.6. The molecule has 0 aromatic carbocycles. The Morgan fingerprint density at radius 2 is 1.71 bits per heavy atom. The number of unbranched alkanes of at least 4 members (excludes halogenated alkanes) is 2. The maximum Gasteiger partial charge on any atom is 0.332 e. The molecule has 0 aromatic rings. The molecule has 0 saturated carbocycles. The number of carbonyl (C=O) groups is 1. The predicted octanol–water partition coefficient (Wildman–Crippen LogP) is 3.86. The fourth-order valence-corrected chi connectivity index (χ4v) is 1.82. The Balaban J connectivity index is 3.94. The molecule has 2 unspecified atom stereocenters. The standard InChI is InChI=1S/C14H28O3/c1-4-7-9-12(6-3)11-17-13(14(15)16)10-8-5-2/h12-13H,4-11H2,1-3H3,(H,15,16). The number of rotatable bonds is 11. The lowest BCUT2D eigenvalue weighted by atomic mass is 10.0. The average Bonchev–Trinajstić information content (AvgIpc) is 2.32. The number of carboxylic acid groups (broad SMARTS) is 1. The Labute approximate surface area is 106 Å². The van der Waals surface area contributed by atoms with E-state index in [-0.39, 0.29) is 0 Å². The van der Waals surface area contributed by atoms with Crippen LogP contribution in [0.2, 0.25) is 0 Å². The van der Waals surface area contributed by atoms with E-state index in [4.69, 9.17) is 9.84 Å². The maximum atomic E-state index is 11.0. The summed E-state index contributed by atoms with van der Waals surface area (Å²) in [5.41, 5.74) is 0. The number of hydrogen-bond donors (Lipinski definition) is 1. The third kappa shape index (κ3) is 8.19. The van der Waals surface area contributed by atoms with Crippen LogP contribution in [-0.4, -0.2) is 23.8 Å². The molecule has 3 nitrogen and oxygen atoms in total. The van der Waals surface area contributed by atoms with Crippen LogP contribution in [0.5, 0.6) is 0 Å². The first-order valence-corrected chi connectivity index (χ1v) is 7.00. The van der Waals surface area contributed by atoms with Crippen LogP contribution in [0.4, 0.5) is 0 Å². The zero-order valence-electron chi connectivity index (χ0n) is 11.6. The molecule has 0 bridgehead atoms. The van der Waals surface area contributed by atoms with E-state index in [1.165, 1.54) is 12.8 Å². The highest BCUT2D eigenvalue weighted by Crippen LogP contribution is 2.15. The molecule has 2 atom stereocenters. The van der Waals surface area contributed by atoms with Crippen molar-refractivity contribution >= 4 is 5.97 Å². The van der Waals surface area contributed by atoms with Crippen LogP contribution in [0.1, 0.15) is 65.7 Å². The van der Waals surface area contributed by atoms with Gasteiger partial charge >= 0.3 is 5.97 Å². The van der Waals surface area contributed by atoms with Gasteiger partial charge in [0, 0.05) is 0 Å². The normalized spacial score (nSPS) is 14.5. The van der Waals surface area contributed by atoms with Gasteiger partial charge in [-0.25, -0.2) is 4.79 Å². The monoisotopic (exact) mass is 244 g/mol. The summed E-state index contributed by atoms with van der Waals surface area (Å²) >= 11 is 0. The van der Waals surface area contributed by atoms with Gasteiger partial charge in [0.1, 0.15) is 0 Å². The Morgan fingerprint density at radius 1 is 1.12 bits per heavy atom. The van der Waals surface area contributed by atoms with E-state index in [9.17, 15) is 4.79 Å². The fraction of sp³-hybridized carbons (Fsp3) is 0.929. The van der Waals surface area contributed by atoms with Crippen molar-refractivity contribution in [3.63, 3.8) is 0 Å². The first-order valence-electron chi connectivity index (χ1n) is 7.00. The van der Waals surface area contributed by atoms with Gasteiger partial charge in [-0.15, -0.1) is 0 Å². The van der Waals surface area contributed by atoms with Gasteiger partial charge in [-0.05, 0) is 18.8 Å². The highest BCUT2D eigenvalue weighted by molar-refractivity contribution is 5.72. The molecule has 102 valence electrons. The topological polar surface area (TPSA) is 46.5 Å². The van der Waals surface area contributed by atoms with E-state index in [1.807, 2.05) is 0 Å². The van der Waals surface area contributed by atoms with Crippen molar-refractivity contribution in [2.75, 3.05) is 6.61 Å². The largest absolute Gasteiger partial charge is 0.479 e. The molecule has 0 spiro atoms. The van der Waals surface area contributed by atoms with Gasteiger partial charge in [-0.1, -0.05) is 52.9 Å². The molecular weight excluding hydrogens is 216 g/mol. The Hall–Kier alpha value is -0.570. The number of carboxylic acids is 1. The minimum absolute atomic E-state index is 0.512. The molecule has 0 aliphatic carbocycles. The van der Waals surface area contributed by atoms with E-state index in [2.05, 4.69) is 20.8 Å². The summed E-state index contributed by atoms with van der Waals surface area (Å²) in [5, 5.41) is 9.04. The van der Waals surface area contributed by atoms with Crippen LogP contribution in [0.3, 0.4) is 0 Å². The van der Waals surface area contributed by atoms with Gasteiger partial charge in [-0.2, -0.15) is 0 Å². The molecule has 0 aliphatic rings. The summed E-state index contributed by atoms with van der Waals surface area (Å²) < 4.78 is 5.56. The molecule has 0 aromatic heterocycles. The Morgan fingerprint density at radius 3 is 2.18 bits per heavy atom. The quantitative estimate of drug-likeness (QED) is 0.600. The predicted molar refractivity (Wildman–Crippen MR) is 70.2 cm³/mol. The second-order valence-corrected chi connectivity index (χ2v) is 4.72. The number of ether oxygens (including phenoxy) is 1. The first kappa shape index (κ1) is 16.4. The lowest BCUT2D eigenvalue weighted by Crippen LogP contribution is -2.26. The summed E-state index contributed by atoms with van der Waals surface area (Å²) in [6, 6.07) is 0. The van der Waals surface area contributed by atoms with Gasteiger partial charge < -0.3 is 9.84 Å². The van der Waals surface area contributed by atoms with Crippen molar-refractivity contribution in [2.45, 2.75) is 71.8 Å². The zero-order valence-corrected chi connectivity index (χ0v) is 11.6. The van der Waals surface area contributed by atoms with E-state index in [0.29, 0.717) is 18.9 Å². The van der Waals surface area contributed by atoms with E-state index in [1.54, 1.807) is 0 Å². The minimum Gasteiger partial charge on any atom is -0.479 e. The van der Waals surface area contributed by atoms with Gasteiger partial charge in [-0.3, -0.25) is 0 Å². The molecule has 0 aliphatic heterocycles. The first-order chi connectivity index (χ1) is 8.15. The molecule has 0 fully saturated rings. The van der Waals surface area contributed by atoms with Gasteiger partial charge in [0.2, 0.25) is 0 Å². The molecule has 0 radical (unpaired) electrons. The Kier molecular flexibility index (Phi) is 10.2. The van der Waals surface area contributed by atoms with E-state index < -0.39 is 12.1 Å². The number of aliphatic carboxylic acids is 1. The summed E-state index contributed by atoms with van der Waals surface area (Å²) in [5.74, 6) is -0.303. The van der Waals surface area contributed by atoms with Crippen molar-refractivity contribution in [3.05, 3.63) is 0 Å². The zero-order chi connectivity index (χ0) is 13.1. The summed E-state index contributed by atoms with van der Waals surface area (Å²) in [6.45, 7) is 6.98. The molecule has 0 amide bonds. The van der Waals surface area contributed by atoms with Crippen LogP contribution in [-0.2, 0) is 9.53 Å². The van der Waals surface area contributed by atoms with Crippen molar-refractivity contribution in [2.24, 2.45) is 5.92 Å². The van der Waals surface area contributed by atoms with E-state index >= 15 is 0 Å². The molecule has 1 N–H and O–H groups in total. The van der Waals surface area contributed by atoms with Crippen LogP contribution in [0, 0.1) is 5.92 Å². The van der Waals surface area contributed by atoms with E-state index in [0.717, 1.165) is 25.7 Å². The minimum atomic E-state index is -0.816. The molecule has 0 rings (SSSR count). The van der Waals surface area contributed by atoms with Crippen LogP contribution in [0.15, 0.2) is 0 Å². The van der Waals surface area contributed by atoms with Crippen LogP contribution in [0.25, 0.3) is 0 Å². The average molecular weight is 244 g/mol. The fourth-order valence-electron chi connectivity index (χ4n) is 1.82. The van der Waals surface area contributed by atoms with Gasteiger partial charge in [0.25, 0.3) is 0 Å². The number of hydrogen-bond acceptors (Lipinski definition) is 2. The maximum absolute atomic E-state index is 11.0. The molecule has 0 heterocycles. The van der Waals surface area contributed by atoms with Crippen LogP contribution < -0.4 is 0 Å². The smallest absolute Gasteiger partial charge is 0.332 e. The molecule has 3 heteroatoms. The van der Waals surface area contributed by atoms with Crippen molar-refractivity contribution < 1.29 is 14.6 Å². The molecule has 17 heavy (non-hydrogen) atoms. The highest BCUT2D eigenvalue weighted by atomic mass is 16.5. The third-order valence-corrected chi connectivity index (χ3v) is 3.17. The highest BCUT2D eigenvalue weighted by Gasteiger charge is 2.18. The molecular formula is C14H28O3. The Bertz CT molecular complexity index is 192. The van der Waals surface area contributed by atoms with Gasteiger partial charge in [0.15, 0.2) is 6.10 Å². The van der Waals surface area contributed by atoms with Crippen LogP contribution >= 0.6 is 0 Å². The SMILES string of the molecule is CCCCC(CC)COC(CCCC)C(=O)O. The summed E-state index contributed by atoms with van der Waals surface area (Å²) in [4.78, 5) is 11.0.